The number of carbonyl (C=O) groups excluding carboxylic acids is 4. The molecule has 0 amide bonds. The Kier molecular flexibility index (Phi) is 5.00. The maximum Gasteiger partial charge on any atom is 0.317 e. The number of carbonyl (C=O) groups is 4. The van der Waals surface area contributed by atoms with Gasteiger partial charge in [-0.3, -0.25) is 19.2 Å². The van der Waals surface area contributed by atoms with Gasteiger partial charge in [0.1, 0.15) is 0 Å². The van der Waals surface area contributed by atoms with Gasteiger partial charge in [-0.25, -0.2) is 0 Å². The van der Waals surface area contributed by atoms with Crippen molar-refractivity contribution >= 4 is 24.4 Å². The SMILES string of the molecule is CCC(C(C)CC(=O)OC=O)C1CC(=O)OC1=O. The summed E-state index contributed by atoms with van der Waals surface area (Å²) in [6.45, 7) is 3.75. The lowest BCUT2D eigenvalue weighted by Crippen LogP contribution is -2.27. The quantitative estimate of drug-likeness (QED) is 0.397. The van der Waals surface area contributed by atoms with Crippen molar-refractivity contribution in [3.8, 4) is 0 Å². The molecular weight excluding hydrogens is 240 g/mol. The van der Waals surface area contributed by atoms with Crippen LogP contribution in [0.15, 0.2) is 0 Å². The van der Waals surface area contributed by atoms with E-state index in [9.17, 15) is 19.2 Å². The number of esters is 3. The molecule has 0 saturated carbocycles. The average molecular weight is 256 g/mol. The zero-order valence-electron chi connectivity index (χ0n) is 10.4. The Labute approximate surface area is 105 Å². The Morgan fingerprint density at radius 3 is 2.67 bits per heavy atom. The molecule has 0 radical (unpaired) electrons. The first-order chi connectivity index (χ1) is 8.49. The monoisotopic (exact) mass is 256 g/mol. The number of cyclic esters (lactones) is 2. The van der Waals surface area contributed by atoms with Crippen molar-refractivity contribution in [2.24, 2.45) is 17.8 Å². The van der Waals surface area contributed by atoms with Crippen LogP contribution in [0.25, 0.3) is 0 Å². The normalized spacial score (nSPS) is 22.2. The van der Waals surface area contributed by atoms with Crippen molar-refractivity contribution in [2.45, 2.75) is 33.1 Å². The molecule has 100 valence electrons. The van der Waals surface area contributed by atoms with E-state index in [0.717, 1.165) is 0 Å². The molecule has 3 atom stereocenters. The summed E-state index contributed by atoms with van der Waals surface area (Å²) in [4.78, 5) is 43.8. The van der Waals surface area contributed by atoms with Gasteiger partial charge in [0.2, 0.25) is 0 Å². The molecule has 1 rings (SSSR count). The predicted molar refractivity (Wildman–Crippen MR) is 58.9 cm³/mol. The van der Waals surface area contributed by atoms with Gasteiger partial charge in [0, 0.05) is 6.42 Å². The molecule has 6 nitrogen and oxygen atoms in total. The molecule has 1 aliphatic rings. The molecule has 1 aliphatic heterocycles. The highest BCUT2D eigenvalue weighted by Crippen LogP contribution is 2.33. The molecule has 1 heterocycles. The first kappa shape index (κ1) is 14.3. The standard InChI is InChI=1S/C12H16O6/c1-3-8(7(2)4-10(14)17-6-13)9-5-11(15)18-12(9)16/h6-9H,3-5H2,1-2H3. The Morgan fingerprint density at radius 2 is 2.22 bits per heavy atom. The summed E-state index contributed by atoms with van der Waals surface area (Å²) in [6.07, 6.45) is 0.738. The Balaban J connectivity index is 2.65. The molecule has 0 bridgehead atoms. The third-order valence-electron chi connectivity index (χ3n) is 3.29. The molecule has 1 saturated heterocycles. The maximum absolute atomic E-state index is 11.5. The minimum atomic E-state index is -0.631. The van der Waals surface area contributed by atoms with Crippen LogP contribution in [0.4, 0.5) is 0 Å². The van der Waals surface area contributed by atoms with E-state index in [4.69, 9.17) is 0 Å². The third-order valence-corrected chi connectivity index (χ3v) is 3.29. The van der Waals surface area contributed by atoms with Gasteiger partial charge in [-0.05, 0) is 11.8 Å². The predicted octanol–water partition coefficient (Wildman–Crippen LogP) is 0.828. The van der Waals surface area contributed by atoms with Gasteiger partial charge in [-0.2, -0.15) is 0 Å². The summed E-state index contributed by atoms with van der Waals surface area (Å²) >= 11 is 0. The van der Waals surface area contributed by atoms with Gasteiger partial charge in [-0.15, -0.1) is 0 Å². The summed E-state index contributed by atoms with van der Waals surface area (Å²) in [6, 6.07) is 0. The van der Waals surface area contributed by atoms with Gasteiger partial charge < -0.3 is 9.47 Å². The van der Waals surface area contributed by atoms with E-state index in [1.807, 2.05) is 6.92 Å². The van der Waals surface area contributed by atoms with Gasteiger partial charge >= 0.3 is 24.4 Å². The molecule has 0 spiro atoms. The summed E-state index contributed by atoms with van der Waals surface area (Å²) in [5, 5.41) is 0. The fourth-order valence-corrected chi connectivity index (χ4v) is 2.42. The lowest BCUT2D eigenvalue weighted by Gasteiger charge is -2.24. The highest BCUT2D eigenvalue weighted by atomic mass is 16.6. The molecular formula is C12H16O6. The van der Waals surface area contributed by atoms with E-state index in [1.165, 1.54) is 0 Å². The Hall–Kier alpha value is -1.72. The van der Waals surface area contributed by atoms with Gasteiger partial charge in [0.05, 0.1) is 12.3 Å². The largest absolute Gasteiger partial charge is 0.395 e. The average Bonchev–Trinajstić information content (AvgIpc) is 2.59. The maximum atomic E-state index is 11.5. The second kappa shape index (κ2) is 6.28. The van der Waals surface area contributed by atoms with Crippen LogP contribution in [0.5, 0.6) is 0 Å². The van der Waals surface area contributed by atoms with Crippen molar-refractivity contribution in [3.63, 3.8) is 0 Å². The van der Waals surface area contributed by atoms with E-state index in [1.54, 1.807) is 6.92 Å². The molecule has 18 heavy (non-hydrogen) atoms. The number of hydrogen-bond acceptors (Lipinski definition) is 6. The minimum absolute atomic E-state index is 0.0369. The molecule has 0 N–H and O–H groups in total. The molecule has 0 aliphatic carbocycles. The molecule has 6 heteroatoms. The molecule has 3 unspecified atom stereocenters. The van der Waals surface area contributed by atoms with Crippen molar-refractivity contribution in [1.82, 2.24) is 0 Å². The van der Waals surface area contributed by atoms with E-state index >= 15 is 0 Å². The zero-order chi connectivity index (χ0) is 13.7. The third kappa shape index (κ3) is 3.38. The summed E-state index contributed by atoms with van der Waals surface area (Å²) < 4.78 is 8.72. The number of hydrogen-bond donors (Lipinski definition) is 0. The second-order valence-electron chi connectivity index (χ2n) is 4.44. The van der Waals surface area contributed by atoms with Crippen molar-refractivity contribution < 1.29 is 28.7 Å². The smallest absolute Gasteiger partial charge is 0.317 e. The molecule has 1 fully saturated rings. The molecule has 0 aromatic carbocycles. The Morgan fingerprint density at radius 1 is 1.56 bits per heavy atom. The van der Waals surface area contributed by atoms with Crippen molar-refractivity contribution in [1.29, 1.82) is 0 Å². The minimum Gasteiger partial charge on any atom is -0.395 e. The van der Waals surface area contributed by atoms with Crippen LogP contribution in [0.2, 0.25) is 0 Å². The van der Waals surface area contributed by atoms with Crippen LogP contribution >= 0.6 is 0 Å². The van der Waals surface area contributed by atoms with Gasteiger partial charge in [-0.1, -0.05) is 20.3 Å². The van der Waals surface area contributed by atoms with Crippen molar-refractivity contribution in [2.75, 3.05) is 0 Å². The zero-order valence-corrected chi connectivity index (χ0v) is 10.4. The van der Waals surface area contributed by atoms with Gasteiger partial charge in [0.25, 0.3) is 0 Å². The van der Waals surface area contributed by atoms with Gasteiger partial charge in [0.15, 0.2) is 0 Å². The first-order valence-electron chi connectivity index (χ1n) is 5.87. The number of ether oxygens (including phenoxy) is 2. The summed E-state index contributed by atoms with van der Waals surface area (Å²) in [5.41, 5.74) is 0. The first-order valence-corrected chi connectivity index (χ1v) is 5.87. The fraction of sp³-hybridized carbons (Fsp3) is 0.667. The van der Waals surface area contributed by atoms with Crippen LogP contribution in [0.3, 0.4) is 0 Å². The molecule has 0 aromatic rings. The Bertz CT molecular complexity index is 362. The summed E-state index contributed by atoms with van der Waals surface area (Å²) in [7, 11) is 0. The highest BCUT2D eigenvalue weighted by molar-refractivity contribution is 5.94. The number of rotatable bonds is 6. The highest BCUT2D eigenvalue weighted by Gasteiger charge is 2.40. The second-order valence-corrected chi connectivity index (χ2v) is 4.44. The fourth-order valence-electron chi connectivity index (χ4n) is 2.42. The van der Waals surface area contributed by atoms with Crippen LogP contribution < -0.4 is 0 Å². The topological polar surface area (TPSA) is 86.7 Å². The van der Waals surface area contributed by atoms with E-state index in [2.05, 4.69) is 9.47 Å². The molecule has 0 aromatic heterocycles. The van der Waals surface area contributed by atoms with Crippen LogP contribution in [0.1, 0.15) is 33.1 Å². The lowest BCUT2D eigenvalue weighted by atomic mass is 9.78. The van der Waals surface area contributed by atoms with E-state index in [0.29, 0.717) is 6.42 Å². The van der Waals surface area contributed by atoms with E-state index < -0.39 is 23.8 Å². The lowest BCUT2D eigenvalue weighted by molar-refractivity contribution is -0.156. The van der Waals surface area contributed by atoms with Crippen LogP contribution in [-0.4, -0.2) is 24.4 Å². The van der Waals surface area contributed by atoms with Crippen LogP contribution in [-0.2, 0) is 28.7 Å². The van der Waals surface area contributed by atoms with Crippen LogP contribution in [0, 0.1) is 17.8 Å². The van der Waals surface area contributed by atoms with E-state index in [-0.39, 0.29) is 31.1 Å². The summed E-state index contributed by atoms with van der Waals surface area (Å²) in [5.74, 6) is -2.47. The van der Waals surface area contributed by atoms with Crippen molar-refractivity contribution in [3.05, 3.63) is 0 Å².